The summed E-state index contributed by atoms with van der Waals surface area (Å²) in [6.07, 6.45) is 13.1. The lowest BCUT2D eigenvalue weighted by Crippen LogP contribution is -2.52. The zero-order valence-electron chi connectivity index (χ0n) is 29.4. The molecule has 5 heterocycles. The molecule has 14 nitrogen and oxygen atoms in total. The molecule has 2 aromatic heterocycles. The Bertz CT molecular complexity index is 2080. The summed E-state index contributed by atoms with van der Waals surface area (Å²) in [5.41, 5.74) is 5.43. The van der Waals surface area contributed by atoms with Crippen LogP contribution in [-0.4, -0.2) is 86.0 Å². The van der Waals surface area contributed by atoms with Crippen molar-refractivity contribution in [2.24, 2.45) is 0 Å². The fourth-order valence-electron chi connectivity index (χ4n) is 7.92. The van der Waals surface area contributed by atoms with Gasteiger partial charge >= 0.3 is 0 Å². The molecular weight excluding hydrogens is 671 g/mol. The predicted octanol–water partition coefficient (Wildman–Crippen LogP) is 4.27. The average Bonchev–Trinajstić information content (AvgIpc) is 3.52. The van der Waals surface area contributed by atoms with Crippen LogP contribution in [0.15, 0.2) is 67.1 Å². The highest BCUT2D eigenvalue weighted by atomic mass is 16.2. The average molecular weight is 714 g/mol. The number of carbonyl (C=O) groups excluding carboxylic acids is 3. The molecule has 8 rings (SSSR count). The van der Waals surface area contributed by atoms with E-state index in [-0.39, 0.29) is 36.4 Å². The molecule has 272 valence electrons. The fraction of sp³-hybridized carbons (Fsp3) is 0.385. The van der Waals surface area contributed by atoms with Crippen LogP contribution in [0.4, 0.5) is 17.5 Å². The number of para-hydroxylation sites is 2. The maximum Gasteiger partial charge on any atom is 0.255 e. The van der Waals surface area contributed by atoms with Gasteiger partial charge in [-0.3, -0.25) is 24.7 Å². The van der Waals surface area contributed by atoms with Crippen molar-refractivity contribution < 1.29 is 14.4 Å². The first kappa shape index (κ1) is 34.2. The molecule has 2 saturated heterocycles. The van der Waals surface area contributed by atoms with Crippen LogP contribution < -0.4 is 26.2 Å². The van der Waals surface area contributed by atoms with E-state index in [9.17, 15) is 14.4 Å². The molecule has 3 fully saturated rings. The number of benzene rings is 2. The number of nitrogens with one attached hydrogen (secondary N) is 5. The van der Waals surface area contributed by atoms with Crippen LogP contribution in [0.3, 0.4) is 0 Å². The number of hydrogen-bond donors (Lipinski definition) is 5. The largest absolute Gasteiger partial charge is 0.387 e. The predicted molar refractivity (Wildman–Crippen MR) is 202 cm³/mol. The van der Waals surface area contributed by atoms with Crippen LogP contribution in [0.5, 0.6) is 0 Å². The number of rotatable bonds is 10. The van der Waals surface area contributed by atoms with Gasteiger partial charge in [-0.2, -0.15) is 4.98 Å². The van der Waals surface area contributed by atoms with Crippen LogP contribution >= 0.6 is 0 Å². The highest BCUT2D eigenvalue weighted by Crippen LogP contribution is 2.34. The van der Waals surface area contributed by atoms with E-state index >= 15 is 0 Å². The van der Waals surface area contributed by atoms with Crippen molar-refractivity contribution in [3.05, 3.63) is 83.9 Å². The quantitative estimate of drug-likeness (QED) is 0.117. The topological polar surface area (TPSA) is 181 Å². The van der Waals surface area contributed by atoms with Gasteiger partial charge in [0.25, 0.3) is 5.91 Å². The molecule has 3 aliphatic heterocycles. The third kappa shape index (κ3) is 7.39. The van der Waals surface area contributed by atoms with E-state index in [4.69, 9.17) is 10.4 Å². The van der Waals surface area contributed by atoms with Gasteiger partial charge in [-0.15, -0.1) is 0 Å². The molecule has 3 unspecified atom stereocenters. The minimum absolute atomic E-state index is 0.164. The molecule has 53 heavy (non-hydrogen) atoms. The van der Waals surface area contributed by atoms with Crippen LogP contribution in [0.25, 0.3) is 16.6 Å². The number of carbonyl (C=O) groups is 3. The summed E-state index contributed by atoms with van der Waals surface area (Å²) in [5, 5.41) is 21.2. The maximum absolute atomic E-state index is 13.3. The van der Waals surface area contributed by atoms with Gasteiger partial charge in [0, 0.05) is 85.2 Å². The van der Waals surface area contributed by atoms with Crippen molar-refractivity contribution in [3.8, 4) is 0 Å². The summed E-state index contributed by atoms with van der Waals surface area (Å²) < 4.78 is 0. The van der Waals surface area contributed by atoms with E-state index in [1.807, 2.05) is 60.9 Å². The van der Waals surface area contributed by atoms with Gasteiger partial charge in [0.05, 0.1) is 22.9 Å². The van der Waals surface area contributed by atoms with E-state index in [0.717, 1.165) is 79.7 Å². The van der Waals surface area contributed by atoms with Gasteiger partial charge in [-0.05, 0) is 75.3 Å². The van der Waals surface area contributed by atoms with Crippen molar-refractivity contribution in [3.63, 3.8) is 0 Å². The third-order valence-electron chi connectivity index (χ3n) is 10.8. The first-order chi connectivity index (χ1) is 25.9. The Morgan fingerprint density at radius 2 is 1.68 bits per heavy atom. The van der Waals surface area contributed by atoms with Crippen LogP contribution in [-0.2, 0) is 16.1 Å². The number of hydrogen-bond acceptors (Lipinski definition) is 12. The van der Waals surface area contributed by atoms with Crippen LogP contribution in [0.1, 0.15) is 73.0 Å². The minimum atomic E-state index is -0.634. The summed E-state index contributed by atoms with van der Waals surface area (Å²) >= 11 is 0. The second-order valence-electron chi connectivity index (χ2n) is 14.2. The zero-order valence-corrected chi connectivity index (χ0v) is 29.4. The summed E-state index contributed by atoms with van der Waals surface area (Å²) in [6, 6.07) is 15.4. The second kappa shape index (κ2) is 15.0. The Kier molecular flexibility index (Phi) is 9.66. The number of fused-ring (bicyclic) bond motifs is 2. The summed E-state index contributed by atoms with van der Waals surface area (Å²) in [7, 11) is 0. The van der Waals surface area contributed by atoms with Crippen LogP contribution in [0, 0.1) is 5.41 Å². The first-order valence-corrected chi connectivity index (χ1v) is 18.5. The number of piperidine rings is 2. The van der Waals surface area contributed by atoms with Crippen molar-refractivity contribution in [1.82, 2.24) is 35.5 Å². The van der Waals surface area contributed by atoms with Gasteiger partial charge < -0.3 is 31.2 Å². The SMILES string of the molecule is N=C/C(=C\NC1CCN(c2nccc(NC3CCCC(Nc4cccc5c4CN(C4CCC(=O)NC4=O)C5=O)C3)n2)CC1)c1cnc2ccccc2n1. The monoisotopic (exact) mass is 713 g/mol. The molecular formula is C39H43N11O3. The number of anilines is 3. The number of nitrogens with zero attached hydrogens (tertiary/aromatic N) is 6. The zero-order chi connectivity index (χ0) is 36.3. The lowest BCUT2D eigenvalue weighted by atomic mass is 9.90. The van der Waals surface area contributed by atoms with Crippen LogP contribution in [0.2, 0.25) is 0 Å². The highest BCUT2D eigenvalue weighted by Gasteiger charge is 2.40. The molecule has 14 heteroatoms. The van der Waals surface area contributed by atoms with E-state index in [0.29, 0.717) is 35.7 Å². The smallest absolute Gasteiger partial charge is 0.255 e. The highest BCUT2D eigenvalue weighted by molar-refractivity contribution is 6.08. The molecule has 3 atom stereocenters. The molecule has 4 aromatic rings. The molecule has 4 aliphatic rings. The van der Waals surface area contributed by atoms with E-state index in [1.54, 1.807) is 11.1 Å². The minimum Gasteiger partial charge on any atom is -0.387 e. The molecule has 3 amide bonds. The Labute approximate surface area is 307 Å². The fourth-order valence-corrected chi connectivity index (χ4v) is 7.92. The van der Waals surface area contributed by atoms with Gasteiger partial charge in [0.2, 0.25) is 17.8 Å². The van der Waals surface area contributed by atoms with Gasteiger partial charge in [-0.1, -0.05) is 18.2 Å². The Morgan fingerprint density at radius 1 is 0.868 bits per heavy atom. The number of aromatic nitrogens is 4. The van der Waals surface area contributed by atoms with E-state index in [1.165, 1.54) is 6.21 Å². The summed E-state index contributed by atoms with van der Waals surface area (Å²) in [5.74, 6) is 0.667. The number of imide groups is 1. The number of amides is 3. The van der Waals surface area contributed by atoms with Crippen molar-refractivity contribution in [2.45, 2.75) is 82.1 Å². The Balaban J connectivity index is 0.848. The van der Waals surface area contributed by atoms with Gasteiger partial charge in [0.15, 0.2) is 0 Å². The lowest BCUT2D eigenvalue weighted by Gasteiger charge is -2.33. The molecule has 2 aromatic carbocycles. The van der Waals surface area contributed by atoms with E-state index < -0.39 is 11.9 Å². The van der Waals surface area contributed by atoms with Gasteiger partial charge in [0.1, 0.15) is 11.9 Å². The molecule has 0 spiro atoms. The van der Waals surface area contributed by atoms with Crippen molar-refractivity contribution in [2.75, 3.05) is 28.6 Å². The second-order valence-corrected chi connectivity index (χ2v) is 14.2. The molecule has 1 aliphatic carbocycles. The molecule has 5 N–H and O–H groups in total. The molecule has 0 radical (unpaired) electrons. The van der Waals surface area contributed by atoms with Crippen molar-refractivity contribution >= 4 is 58.0 Å². The standard InChI is InChI=1S/C39H43N11O3/c40-20-24(33-22-43-31-8-1-2-9-32(31)46-33)21-42-25-14-17-49(18-15-25)39-41-16-13-35(47-39)45-27-6-3-5-26(19-27)44-30-10-4-7-28-29(30)23-50(38(28)53)34-11-12-36(51)48-37(34)52/h1-2,4,7-10,13,16,20-22,25-27,34,40,42,44H,3,5-6,11-12,14-15,17-19,23H2,(H,41,45,47)(H,48,51,52)/b24-21+,40-20?. The van der Waals surface area contributed by atoms with E-state index in [2.05, 4.69) is 41.1 Å². The molecule has 1 saturated carbocycles. The van der Waals surface area contributed by atoms with Gasteiger partial charge in [-0.25, -0.2) is 9.97 Å². The van der Waals surface area contributed by atoms with Crippen molar-refractivity contribution in [1.29, 1.82) is 5.41 Å². The molecule has 0 bridgehead atoms. The first-order valence-electron chi connectivity index (χ1n) is 18.5. The lowest BCUT2D eigenvalue weighted by molar-refractivity contribution is -0.136. The number of allylic oxidation sites excluding steroid dienone is 1. The summed E-state index contributed by atoms with van der Waals surface area (Å²) in [6.45, 7) is 1.97. The summed E-state index contributed by atoms with van der Waals surface area (Å²) in [4.78, 5) is 60.1. The Morgan fingerprint density at radius 3 is 2.49 bits per heavy atom. The normalized spacial score (nSPS) is 22.4. The third-order valence-corrected chi connectivity index (χ3v) is 10.8. The Hall–Kier alpha value is -5.92. The maximum atomic E-state index is 13.3.